The number of carbonyl (C=O) groups is 1. The molecule has 0 aromatic carbocycles. The minimum Gasteiger partial charge on any atom is -0.481 e. The molecule has 0 aromatic heterocycles. The molecular weight excluding hydrogens is 210 g/mol. The van der Waals surface area contributed by atoms with Gasteiger partial charge in [0.1, 0.15) is 0 Å². The molecule has 1 fully saturated rings. The molecule has 4 heteroatoms. The monoisotopic (exact) mass is 231 g/mol. The topological polar surface area (TPSA) is 63.3 Å². The third-order valence-corrected chi connectivity index (χ3v) is 3.77. The first-order chi connectivity index (χ1) is 7.11. The van der Waals surface area contributed by atoms with Gasteiger partial charge >= 0.3 is 5.97 Å². The molecule has 0 saturated heterocycles. The first kappa shape index (κ1) is 12.8. The lowest BCUT2D eigenvalue weighted by molar-refractivity contribution is -0.138. The molecule has 88 valence electrons. The van der Waals surface area contributed by atoms with Crippen molar-refractivity contribution in [2.45, 2.75) is 44.6 Å². The smallest absolute Gasteiger partial charge is 0.303 e. The van der Waals surface area contributed by atoms with Gasteiger partial charge in [-0.2, -0.15) is 12.6 Å². The fourth-order valence-corrected chi connectivity index (χ4v) is 2.57. The van der Waals surface area contributed by atoms with E-state index in [4.69, 9.17) is 10.8 Å². The first-order valence-electron chi connectivity index (χ1n) is 5.70. The summed E-state index contributed by atoms with van der Waals surface area (Å²) < 4.78 is 0. The lowest BCUT2D eigenvalue weighted by Gasteiger charge is -2.28. The molecule has 0 amide bonds. The molecule has 0 bridgehead atoms. The Labute approximate surface area is 96.8 Å². The van der Waals surface area contributed by atoms with Gasteiger partial charge in [-0.1, -0.05) is 12.8 Å². The lowest BCUT2D eigenvalue weighted by Crippen LogP contribution is -2.27. The van der Waals surface area contributed by atoms with E-state index in [2.05, 4.69) is 12.6 Å². The Balaban J connectivity index is 2.20. The first-order valence-corrected chi connectivity index (χ1v) is 6.33. The Kier molecular flexibility index (Phi) is 5.47. The Morgan fingerprint density at radius 2 is 1.87 bits per heavy atom. The van der Waals surface area contributed by atoms with E-state index in [9.17, 15) is 4.79 Å². The minimum absolute atomic E-state index is 0.203. The normalized spacial score (nSPS) is 28.7. The van der Waals surface area contributed by atoms with Crippen molar-refractivity contribution in [3.05, 3.63) is 0 Å². The van der Waals surface area contributed by atoms with Gasteiger partial charge < -0.3 is 10.8 Å². The van der Waals surface area contributed by atoms with Crippen LogP contribution >= 0.6 is 12.6 Å². The largest absolute Gasteiger partial charge is 0.481 e. The van der Waals surface area contributed by atoms with Crippen molar-refractivity contribution in [1.82, 2.24) is 0 Å². The average molecular weight is 231 g/mol. The SMILES string of the molecule is N[C@H](CS)CC1CCC(CC(=O)O)CC1. The Hall–Kier alpha value is -0.220. The van der Waals surface area contributed by atoms with Crippen LogP contribution in [0.5, 0.6) is 0 Å². The maximum atomic E-state index is 10.5. The summed E-state index contributed by atoms with van der Waals surface area (Å²) >= 11 is 4.18. The number of carboxylic acids is 1. The Bertz CT molecular complexity index is 203. The van der Waals surface area contributed by atoms with E-state index in [0.717, 1.165) is 37.9 Å². The quantitative estimate of drug-likeness (QED) is 0.633. The Morgan fingerprint density at radius 1 is 1.33 bits per heavy atom. The van der Waals surface area contributed by atoms with Gasteiger partial charge in [0, 0.05) is 18.2 Å². The highest BCUT2D eigenvalue weighted by Gasteiger charge is 2.23. The summed E-state index contributed by atoms with van der Waals surface area (Å²) in [6.07, 6.45) is 5.76. The van der Waals surface area contributed by atoms with Crippen LogP contribution in [0.15, 0.2) is 0 Å². The summed E-state index contributed by atoms with van der Waals surface area (Å²) in [6.45, 7) is 0. The molecule has 3 nitrogen and oxygen atoms in total. The minimum atomic E-state index is -0.662. The molecule has 0 aromatic rings. The highest BCUT2D eigenvalue weighted by molar-refractivity contribution is 7.80. The van der Waals surface area contributed by atoms with E-state index in [1.165, 1.54) is 0 Å². The van der Waals surface area contributed by atoms with Crippen LogP contribution < -0.4 is 5.73 Å². The third-order valence-electron chi connectivity index (χ3n) is 3.30. The van der Waals surface area contributed by atoms with Crippen molar-refractivity contribution < 1.29 is 9.90 Å². The molecule has 15 heavy (non-hydrogen) atoms. The zero-order valence-corrected chi connectivity index (χ0v) is 9.96. The van der Waals surface area contributed by atoms with E-state index in [1.54, 1.807) is 0 Å². The summed E-state index contributed by atoms with van der Waals surface area (Å²) in [6, 6.07) is 0.203. The molecule has 1 aliphatic carbocycles. The molecular formula is C11H21NO2S. The van der Waals surface area contributed by atoms with E-state index in [1.807, 2.05) is 0 Å². The van der Waals surface area contributed by atoms with Gasteiger partial charge in [-0.3, -0.25) is 4.79 Å². The van der Waals surface area contributed by atoms with Gasteiger partial charge in [0.2, 0.25) is 0 Å². The summed E-state index contributed by atoms with van der Waals surface area (Å²) in [5.74, 6) is 1.17. The lowest BCUT2D eigenvalue weighted by atomic mass is 9.78. The predicted molar refractivity (Wildman–Crippen MR) is 64.1 cm³/mol. The number of hydrogen-bond donors (Lipinski definition) is 3. The number of carboxylic acid groups (broad SMARTS) is 1. The van der Waals surface area contributed by atoms with Crippen LogP contribution in [-0.2, 0) is 4.79 Å². The third kappa shape index (κ3) is 4.89. The fourth-order valence-electron chi connectivity index (χ4n) is 2.42. The highest BCUT2D eigenvalue weighted by Crippen LogP contribution is 2.33. The molecule has 0 heterocycles. The summed E-state index contributed by atoms with van der Waals surface area (Å²) in [7, 11) is 0. The van der Waals surface area contributed by atoms with Crippen molar-refractivity contribution in [2.24, 2.45) is 17.6 Å². The number of rotatable bonds is 5. The fraction of sp³-hybridized carbons (Fsp3) is 0.909. The van der Waals surface area contributed by atoms with E-state index in [0.29, 0.717) is 18.3 Å². The van der Waals surface area contributed by atoms with Crippen LogP contribution in [0.2, 0.25) is 0 Å². The molecule has 0 unspecified atom stereocenters. The maximum absolute atomic E-state index is 10.5. The second-order valence-electron chi connectivity index (χ2n) is 4.66. The number of nitrogens with two attached hydrogens (primary N) is 1. The number of hydrogen-bond acceptors (Lipinski definition) is 3. The predicted octanol–water partition coefficient (Wildman–Crippen LogP) is 1.91. The van der Waals surface area contributed by atoms with Crippen LogP contribution in [0.3, 0.4) is 0 Å². The van der Waals surface area contributed by atoms with Gasteiger partial charge in [-0.15, -0.1) is 0 Å². The van der Waals surface area contributed by atoms with Gasteiger partial charge in [-0.05, 0) is 31.1 Å². The summed E-state index contributed by atoms with van der Waals surface area (Å²) in [5.41, 5.74) is 5.85. The van der Waals surface area contributed by atoms with Crippen LogP contribution in [-0.4, -0.2) is 22.9 Å². The van der Waals surface area contributed by atoms with E-state index < -0.39 is 5.97 Å². The number of thiol groups is 1. The van der Waals surface area contributed by atoms with Gasteiger partial charge in [0.05, 0.1) is 0 Å². The molecule has 0 spiro atoms. The van der Waals surface area contributed by atoms with Crippen molar-refractivity contribution in [1.29, 1.82) is 0 Å². The second kappa shape index (κ2) is 6.38. The zero-order chi connectivity index (χ0) is 11.3. The maximum Gasteiger partial charge on any atom is 0.303 e. The van der Waals surface area contributed by atoms with Crippen molar-refractivity contribution >= 4 is 18.6 Å². The number of aliphatic carboxylic acids is 1. The second-order valence-corrected chi connectivity index (χ2v) is 5.03. The molecule has 0 aliphatic heterocycles. The van der Waals surface area contributed by atoms with E-state index >= 15 is 0 Å². The summed E-state index contributed by atoms with van der Waals surface area (Å²) in [4.78, 5) is 10.5. The van der Waals surface area contributed by atoms with Gasteiger partial charge in [-0.25, -0.2) is 0 Å². The van der Waals surface area contributed by atoms with Crippen LogP contribution in [0.4, 0.5) is 0 Å². The Morgan fingerprint density at radius 3 is 2.33 bits per heavy atom. The van der Waals surface area contributed by atoms with Gasteiger partial charge in [0.15, 0.2) is 0 Å². The average Bonchev–Trinajstić information content (AvgIpc) is 2.20. The molecule has 3 N–H and O–H groups in total. The van der Waals surface area contributed by atoms with Gasteiger partial charge in [0.25, 0.3) is 0 Å². The highest BCUT2D eigenvalue weighted by atomic mass is 32.1. The van der Waals surface area contributed by atoms with Crippen LogP contribution in [0.25, 0.3) is 0 Å². The van der Waals surface area contributed by atoms with Crippen LogP contribution in [0.1, 0.15) is 38.5 Å². The molecule has 1 aliphatic rings. The van der Waals surface area contributed by atoms with Crippen molar-refractivity contribution in [3.8, 4) is 0 Å². The van der Waals surface area contributed by atoms with Crippen molar-refractivity contribution in [2.75, 3.05) is 5.75 Å². The molecule has 1 atom stereocenters. The van der Waals surface area contributed by atoms with E-state index in [-0.39, 0.29) is 6.04 Å². The summed E-state index contributed by atoms with van der Waals surface area (Å²) in [5, 5.41) is 8.69. The molecule has 1 saturated carbocycles. The van der Waals surface area contributed by atoms with Crippen LogP contribution in [0, 0.1) is 11.8 Å². The molecule has 1 rings (SSSR count). The zero-order valence-electron chi connectivity index (χ0n) is 9.06. The van der Waals surface area contributed by atoms with Crippen molar-refractivity contribution in [3.63, 3.8) is 0 Å². The standard InChI is InChI=1S/C11H21NO2S/c12-10(7-15)5-8-1-3-9(4-2-8)6-11(13)14/h8-10,15H,1-7,12H2,(H,13,14)/t8?,9?,10-/m0/s1. The molecule has 0 radical (unpaired) electrons.